The predicted octanol–water partition coefficient (Wildman–Crippen LogP) is 1.74. The monoisotopic (exact) mass is 317 g/mol. The predicted molar refractivity (Wildman–Crippen MR) is 92.1 cm³/mol. The van der Waals surface area contributed by atoms with Gasteiger partial charge in [0.25, 0.3) is 5.91 Å². The number of carbonyl (C=O) groups excluding carboxylic acids is 1. The normalized spacial score (nSPS) is 20.6. The molecule has 1 saturated carbocycles. The van der Waals surface area contributed by atoms with Gasteiger partial charge in [-0.15, -0.1) is 0 Å². The Morgan fingerprint density at radius 2 is 2.04 bits per heavy atom. The summed E-state index contributed by atoms with van der Waals surface area (Å²) in [6.45, 7) is 4.30. The van der Waals surface area contributed by atoms with Crippen molar-refractivity contribution in [3.8, 4) is 0 Å². The summed E-state index contributed by atoms with van der Waals surface area (Å²) >= 11 is 0. The maximum atomic E-state index is 12.5. The van der Waals surface area contributed by atoms with Gasteiger partial charge in [0.15, 0.2) is 0 Å². The molecule has 1 amide bonds. The Labute approximate surface area is 138 Å². The third-order valence-electron chi connectivity index (χ3n) is 5.17. The Hall–Kier alpha value is -1.59. The molecule has 1 N–H and O–H groups in total. The minimum Gasteiger partial charge on any atom is -0.379 e. The van der Waals surface area contributed by atoms with Crippen molar-refractivity contribution in [1.29, 1.82) is 0 Å². The highest BCUT2D eigenvalue weighted by molar-refractivity contribution is 5.95. The Kier molecular flexibility index (Phi) is 4.87. The quantitative estimate of drug-likeness (QED) is 0.898. The van der Waals surface area contributed by atoms with E-state index in [0.717, 1.165) is 44.1 Å². The number of amides is 1. The molecular formula is C18H27N3O2. The Morgan fingerprint density at radius 3 is 2.65 bits per heavy atom. The summed E-state index contributed by atoms with van der Waals surface area (Å²) in [5.41, 5.74) is 1.93. The largest absolute Gasteiger partial charge is 0.379 e. The van der Waals surface area contributed by atoms with E-state index in [2.05, 4.69) is 10.2 Å². The van der Waals surface area contributed by atoms with Crippen molar-refractivity contribution in [1.82, 2.24) is 10.2 Å². The summed E-state index contributed by atoms with van der Waals surface area (Å²) in [6.07, 6.45) is 3.60. The van der Waals surface area contributed by atoms with Gasteiger partial charge in [-0.1, -0.05) is 6.07 Å². The van der Waals surface area contributed by atoms with Gasteiger partial charge in [0.05, 0.1) is 13.2 Å². The molecule has 1 saturated heterocycles. The van der Waals surface area contributed by atoms with E-state index in [9.17, 15) is 4.79 Å². The lowest BCUT2D eigenvalue weighted by atomic mass is 9.75. The fourth-order valence-corrected chi connectivity index (χ4v) is 3.50. The molecule has 0 bridgehead atoms. The average molecular weight is 317 g/mol. The highest BCUT2D eigenvalue weighted by Crippen LogP contribution is 2.37. The zero-order chi connectivity index (χ0) is 16.3. The van der Waals surface area contributed by atoms with Crippen LogP contribution >= 0.6 is 0 Å². The van der Waals surface area contributed by atoms with Crippen LogP contribution in [-0.4, -0.2) is 63.3 Å². The Balaban J connectivity index is 1.62. The summed E-state index contributed by atoms with van der Waals surface area (Å²) in [4.78, 5) is 17.0. The van der Waals surface area contributed by atoms with Gasteiger partial charge in [-0.25, -0.2) is 0 Å². The lowest BCUT2D eigenvalue weighted by Crippen LogP contribution is -2.62. The maximum Gasteiger partial charge on any atom is 0.251 e. The molecule has 1 aromatic rings. The molecule has 1 heterocycles. The molecule has 0 aromatic heterocycles. The second-order valence-electron chi connectivity index (χ2n) is 6.80. The highest BCUT2D eigenvalue weighted by atomic mass is 16.5. The van der Waals surface area contributed by atoms with Crippen molar-refractivity contribution < 1.29 is 9.53 Å². The lowest BCUT2D eigenvalue weighted by Gasteiger charge is -2.51. The number of hydrogen-bond donors (Lipinski definition) is 1. The van der Waals surface area contributed by atoms with Crippen molar-refractivity contribution in [2.45, 2.75) is 24.8 Å². The van der Waals surface area contributed by atoms with Crippen molar-refractivity contribution in [2.75, 3.05) is 51.8 Å². The van der Waals surface area contributed by atoms with Gasteiger partial charge in [-0.05, 0) is 37.5 Å². The molecule has 2 fully saturated rings. The molecule has 3 rings (SSSR count). The van der Waals surface area contributed by atoms with E-state index in [1.807, 2.05) is 43.3 Å². The standard InChI is InChI=1S/C18H27N3O2/c1-20(2)16-6-3-5-15(13-16)17(22)19-14-18(7-4-8-18)21-9-11-23-12-10-21/h3,5-6,13H,4,7-12,14H2,1-2H3,(H,19,22). The van der Waals surface area contributed by atoms with Crippen molar-refractivity contribution in [2.24, 2.45) is 0 Å². The fraction of sp³-hybridized carbons (Fsp3) is 0.611. The third kappa shape index (κ3) is 3.51. The first-order valence-electron chi connectivity index (χ1n) is 8.49. The maximum absolute atomic E-state index is 12.5. The van der Waals surface area contributed by atoms with Crippen LogP contribution in [0.4, 0.5) is 5.69 Å². The molecule has 5 nitrogen and oxygen atoms in total. The van der Waals surface area contributed by atoms with E-state index in [0.29, 0.717) is 0 Å². The molecular weight excluding hydrogens is 290 g/mol. The van der Waals surface area contributed by atoms with Crippen LogP contribution in [0.15, 0.2) is 24.3 Å². The third-order valence-corrected chi connectivity index (χ3v) is 5.17. The number of hydrogen-bond acceptors (Lipinski definition) is 4. The smallest absolute Gasteiger partial charge is 0.251 e. The first-order valence-corrected chi connectivity index (χ1v) is 8.49. The topological polar surface area (TPSA) is 44.8 Å². The number of nitrogens with zero attached hydrogens (tertiary/aromatic N) is 2. The first kappa shape index (κ1) is 16.3. The molecule has 0 atom stereocenters. The minimum atomic E-state index is 0.0215. The van der Waals surface area contributed by atoms with E-state index in [4.69, 9.17) is 4.74 Å². The zero-order valence-corrected chi connectivity index (χ0v) is 14.2. The molecule has 1 aromatic carbocycles. The fourth-order valence-electron chi connectivity index (χ4n) is 3.50. The number of rotatable bonds is 5. The SMILES string of the molecule is CN(C)c1cccc(C(=O)NCC2(N3CCOCC3)CCC2)c1. The zero-order valence-electron chi connectivity index (χ0n) is 14.2. The molecule has 0 unspecified atom stereocenters. The van der Waals surface area contributed by atoms with Gasteiger partial charge in [0.2, 0.25) is 0 Å². The minimum absolute atomic E-state index is 0.0215. The summed E-state index contributed by atoms with van der Waals surface area (Å²) in [6, 6.07) is 7.77. The second-order valence-corrected chi connectivity index (χ2v) is 6.80. The van der Waals surface area contributed by atoms with Crippen LogP contribution in [0.25, 0.3) is 0 Å². The van der Waals surface area contributed by atoms with Gasteiger partial charge in [0.1, 0.15) is 0 Å². The number of nitrogens with one attached hydrogen (secondary N) is 1. The lowest BCUT2D eigenvalue weighted by molar-refractivity contribution is -0.0540. The first-order chi connectivity index (χ1) is 11.1. The van der Waals surface area contributed by atoms with Crippen LogP contribution in [0.2, 0.25) is 0 Å². The number of carbonyl (C=O) groups is 1. The number of benzene rings is 1. The second kappa shape index (κ2) is 6.89. The van der Waals surface area contributed by atoms with Gasteiger partial charge in [-0.2, -0.15) is 0 Å². The van der Waals surface area contributed by atoms with E-state index in [-0.39, 0.29) is 11.4 Å². The molecule has 2 aliphatic rings. The van der Waals surface area contributed by atoms with Crippen LogP contribution in [0.5, 0.6) is 0 Å². The van der Waals surface area contributed by atoms with Crippen LogP contribution in [0, 0.1) is 0 Å². The summed E-state index contributed by atoms with van der Waals surface area (Å²) in [5.74, 6) is 0.0215. The molecule has 0 spiro atoms. The molecule has 1 aliphatic carbocycles. The summed E-state index contributed by atoms with van der Waals surface area (Å²) in [7, 11) is 3.97. The Morgan fingerprint density at radius 1 is 1.30 bits per heavy atom. The van der Waals surface area contributed by atoms with Gasteiger partial charge < -0.3 is 15.0 Å². The van der Waals surface area contributed by atoms with Crippen LogP contribution in [-0.2, 0) is 4.74 Å². The van der Waals surface area contributed by atoms with Crippen molar-refractivity contribution in [3.05, 3.63) is 29.8 Å². The summed E-state index contributed by atoms with van der Waals surface area (Å²) < 4.78 is 5.46. The van der Waals surface area contributed by atoms with Gasteiger partial charge in [-0.3, -0.25) is 9.69 Å². The van der Waals surface area contributed by atoms with Crippen molar-refractivity contribution in [3.63, 3.8) is 0 Å². The molecule has 126 valence electrons. The van der Waals surface area contributed by atoms with Gasteiger partial charge in [0, 0.05) is 50.5 Å². The molecule has 0 radical (unpaired) electrons. The van der Waals surface area contributed by atoms with E-state index in [1.165, 1.54) is 19.3 Å². The average Bonchev–Trinajstić information content (AvgIpc) is 2.55. The number of ether oxygens (including phenoxy) is 1. The van der Waals surface area contributed by atoms with E-state index < -0.39 is 0 Å². The number of anilines is 1. The molecule has 5 heteroatoms. The molecule has 23 heavy (non-hydrogen) atoms. The van der Waals surface area contributed by atoms with E-state index >= 15 is 0 Å². The van der Waals surface area contributed by atoms with Crippen LogP contribution in [0.1, 0.15) is 29.6 Å². The highest BCUT2D eigenvalue weighted by Gasteiger charge is 2.42. The van der Waals surface area contributed by atoms with Crippen LogP contribution < -0.4 is 10.2 Å². The summed E-state index contributed by atoms with van der Waals surface area (Å²) in [5, 5.41) is 3.17. The Bertz CT molecular complexity index is 549. The van der Waals surface area contributed by atoms with Crippen molar-refractivity contribution >= 4 is 11.6 Å². The molecule has 1 aliphatic heterocycles. The van der Waals surface area contributed by atoms with Crippen LogP contribution in [0.3, 0.4) is 0 Å². The number of morpholine rings is 1. The van der Waals surface area contributed by atoms with E-state index in [1.54, 1.807) is 0 Å². The van der Waals surface area contributed by atoms with Gasteiger partial charge >= 0.3 is 0 Å².